The Kier molecular flexibility index (Phi) is 4.04. The molecular formula is C14H18N2O3. The molecule has 1 aliphatic rings. The van der Waals surface area contributed by atoms with Gasteiger partial charge in [-0.1, -0.05) is 12.8 Å². The van der Waals surface area contributed by atoms with Gasteiger partial charge in [0.25, 0.3) is 0 Å². The number of benzene rings is 1. The van der Waals surface area contributed by atoms with Crippen molar-refractivity contribution in [3.05, 3.63) is 23.8 Å². The van der Waals surface area contributed by atoms with Crippen LogP contribution < -0.4 is 10.6 Å². The van der Waals surface area contributed by atoms with Crippen LogP contribution in [0.1, 0.15) is 43.0 Å². The van der Waals surface area contributed by atoms with Gasteiger partial charge >= 0.3 is 5.97 Å². The molecule has 0 aromatic heterocycles. The number of carboxylic acids is 1. The van der Waals surface area contributed by atoms with Gasteiger partial charge in [0.05, 0.1) is 5.56 Å². The van der Waals surface area contributed by atoms with E-state index in [0.29, 0.717) is 17.4 Å². The van der Waals surface area contributed by atoms with Gasteiger partial charge in [-0.05, 0) is 31.0 Å². The van der Waals surface area contributed by atoms with Crippen molar-refractivity contribution in [2.45, 2.75) is 38.6 Å². The maximum Gasteiger partial charge on any atom is 0.337 e. The lowest BCUT2D eigenvalue weighted by Gasteiger charge is -2.16. The van der Waals surface area contributed by atoms with Gasteiger partial charge in [0, 0.05) is 24.3 Å². The van der Waals surface area contributed by atoms with Crippen molar-refractivity contribution in [2.75, 3.05) is 10.6 Å². The molecule has 0 heterocycles. The Balaban J connectivity index is 2.21. The number of hydrogen-bond donors (Lipinski definition) is 3. The van der Waals surface area contributed by atoms with Gasteiger partial charge in [0.1, 0.15) is 0 Å². The number of aromatic carboxylic acids is 1. The van der Waals surface area contributed by atoms with Gasteiger partial charge in [-0.2, -0.15) is 0 Å². The maximum atomic E-state index is 11.3. The summed E-state index contributed by atoms with van der Waals surface area (Å²) in [6.07, 6.45) is 4.52. The first-order chi connectivity index (χ1) is 9.06. The fourth-order valence-electron chi connectivity index (χ4n) is 2.42. The van der Waals surface area contributed by atoms with Gasteiger partial charge in [0.15, 0.2) is 0 Å². The van der Waals surface area contributed by atoms with Crippen LogP contribution in [0, 0.1) is 0 Å². The van der Waals surface area contributed by atoms with Gasteiger partial charge in [-0.15, -0.1) is 0 Å². The quantitative estimate of drug-likeness (QED) is 0.779. The molecule has 1 aromatic rings. The van der Waals surface area contributed by atoms with E-state index in [1.807, 2.05) is 0 Å². The molecule has 0 bridgehead atoms. The monoisotopic (exact) mass is 262 g/mol. The number of nitrogens with one attached hydrogen (secondary N) is 2. The molecule has 2 rings (SSSR count). The molecule has 0 unspecified atom stereocenters. The van der Waals surface area contributed by atoms with Crippen molar-refractivity contribution in [1.29, 1.82) is 0 Å². The number of carbonyl (C=O) groups is 2. The maximum absolute atomic E-state index is 11.3. The van der Waals surface area contributed by atoms with E-state index in [4.69, 9.17) is 0 Å². The molecule has 3 N–H and O–H groups in total. The molecule has 1 fully saturated rings. The van der Waals surface area contributed by atoms with Crippen LogP contribution in [0.2, 0.25) is 0 Å². The van der Waals surface area contributed by atoms with E-state index in [9.17, 15) is 14.7 Å². The van der Waals surface area contributed by atoms with Crippen LogP contribution in [0.4, 0.5) is 11.4 Å². The van der Waals surface area contributed by atoms with Crippen molar-refractivity contribution in [3.63, 3.8) is 0 Å². The van der Waals surface area contributed by atoms with Crippen molar-refractivity contribution in [1.82, 2.24) is 0 Å². The summed E-state index contributed by atoms with van der Waals surface area (Å²) in [4.78, 5) is 22.3. The van der Waals surface area contributed by atoms with Crippen molar-refractivity contribution < 1.29 is 14.7 Å². The number of rotatable bonds is 4. The minimum absolute atomic E-state index is 0.193. The fourth-order valence-corrected chi connectivity index (χ4v) is 2.42. The molecule has 0 atom stereocenters. The molecule has 0 spiro atoms. The number of amides is 1. The average molecular weight is 262 g/mol. The van der Waals surface area contributed by atoms with Crippen LogP contribution in [0.15, 0.2) is 18.2 Å². The number of carbonyl (C=O) groups excluding carboxylic acids is 1. The Morgan fingerprint density at radius 3 is 2.53 bits per heavy atom. The lowest BCUT2D eigenvalue weighted by Crippen LogP contribution is -2.17. The highest BCUT2D eigenvalue weighted by Crippen LogP contribution is 2.26. The zero-order chi connectivity index (χ0) is 13.8. The Morgan fingerprint density at radius 1 is 1.26 bits per heavy atom. The van der Waals surface area contributed by atoms with Gasteiger partial charge in [-0.3, -0.25) is 4.79 Å². The Labute approximate surface area is 112 Å². The third-order valence-corrected chi connectivity index (χ3v) is 3.29. The smallest absolute Gasteiger partial charge is 0.337 e. The lowest BCUT2D eigenvalue weighted by molar-refractivity contribution is -0.114. The fraction of sp³-hybridized carbons (Fsp3) is 0.429. The number of carboxylic acid groups (broad SMARTS) is 1. The van der Waals surface area contributed by atoms with E-state index in [1.54, 1.807) is 12.1 Å². The molecule has 0 saturated heterocycles. The predicted octanol–water partition coefficient (Wildman–Crippen LogP) is 2.70. The van der Waals surface area contributed by atoms with Crippen molar-refractivity contribution in [3.8, 4) is 0 Å². The Morgan fingerprint density at radius 2 is 1.95 bits per heavy atom. The highest BCUT2D eigenvalue weighted by Gasteiger charge is 2.18. The predicted molar refractivity (Wildman–Crippen MR) is 73.6 cm³/mol. The van der Waals surface area contributed by atoms with Crippen LogP contribution in [-0.2, 0) is 4.79 Å². The largest absolute Gasteiger partial charge is 0.478 e. The summed E-state index contributed by atoms with van der Waals surface area (Å²) in [5, 5.41) is 15.1. The van der Waals surface area contributed by atoms with E-state index in [-0.39, 0.29) is 11.5 Å². The third-order valence-electron chi connectivity index (χ3n) is 3.29. The molecule has 5 heteroatoms. The van der Waals surface area contributed by atoms with Crippen molar-refractivity contribution in [2.24, 2.45) is 0 Å². The van der Waals surface area contributed by atoms with Crippen LogP contribution in [0.5, 0.6) is 0 Å². The van der Waals surface area contributed by atoms with E-state index in [2.05, 4.69) is 10.6 Å². The van der Waals surface area contributed by atoms with Crippen LogP contribution in [0.25, 0.3) is 0 Å². The first-order valence-corrected chi connectivity index (χ1v) is 6.48. The zero-order valence-corrected chi connectivity index (χ0v) is 10.9. The van der Waals surface area contributed by atoms with E-state index in [0.717, 1.165) is 12.8 Å². The average Bonchev–Trinajstić information content (AvgIpc) is 2.83. The molecule has 1 saturated carbocycles. The van der Waals surface area contributed by atoms with Crippen LogP contribution in [-0.4, -0.2) is 23.0 Å². The van der Waals surface area contributed by atoms with Gasteiger partial charge in [-0.25, -0.2) is 4.79 Å². The Hall–Kier alpha value is -2.04. The molecular weight excluding hydrogens is 244 g/mol. The summed E-state index contributed by atoms with van der Waals surface area (Å²) in [5.74, 6) is -1.21. The SMILES string of the molecule is CC(=O)Nc1ccc(NC2CCCC2)c(C(=O)O)c1. The molecule has 1 aliphatic carbocycles. The first kappa shape index (κ1) is 13.4. The second-order valence-electron chi connectivity index (χ2n) is 4.87. The molecule has 0 radical (unpaired) electrons. The summed E-state index contributed by atoms with van der Waals surface area (Å²) >= 11 is 0. The second kappa shape index (κ2) is 5.73. The second-order valence-corrected chi connectivity index (χ2v) is 4.87. The number of anilines is 2. The highest BCUT2D eigenvalue weighted by atomic mass is 16.4. The molecule has 19 heavy (non-hydrogen) atoms. The molecule has 1 amide bonds. The first-order valence-electron chi connectivity index (χ1n) is 6.48. The van der Waals surface area contributed by atoms with Gasteiger partial charge in [0.2, 0.25) is 5.91 Å². The highest BCUT2D eigenvalue weighted by molar-refractivity contribution is 5.97. The number of hydrogen-bond acceptors (Lipinski definition) is 3. The summed E-state index contributed by atoms with van der Waals surface area (Å²) in [6, 6.07) is 5.27. The van der Waals surface area contributed by atoms with Crippen LogP contribution >= 0.6 is 0 Å². The van der Waals surface area contributed by atoms with E-state index < -0.39 is 5.97 Å². The Bertz CT molecular complexity index is 493. The molecule has 1 aromatic carbocycles. The van der Waals surface area contributed by atoms with Gasteiger partial charge < -0.3 is 15.7 Å². The topological polar surface area (TPSA) is 78.4 Å². The van der Waals surface area contributed by atoms with Crippen molar-refractivity contribution >= 4 is 23.3 Å². The van der Waals surface area contributed by atoms with Crippen LogP contribution in [0.3, 0.4) is 0 Å². The van der Waals surface area contributed by atoms with E-state index in [1.165, 1.54) is 25.8 Å². The summed E-state index contributed by atoms with van der Waals surface area (Å²) in [5.41, 5.74) is 1.31. The third kappa shape index (κ3) is 3.47. The molecule has 5 nitrogen and oxygen atoms in total. The molecule has 102 valence electrons. The molecule has 0 aliphatic heterocycles. The lowest BCUT2D eigenvalue weighted by atomic mass is 10.1. The minimum Gasteiger partial charge on any atom is -0.478 e. The van der Waals surface area contributed by atoms with E-state index >= 15 is 0 Å². The summed E-state index contributed by atoms with van der Waals surface area (Å²) in [6.45, 7) is 1.39. The minimum atomic E-state index is -0.993. The zero-order valence-electron chi connectivity index (χ0n) is 10.9. The summed E-state index contributed by atoms with van der Waals surface area (Å²) in [7, 11) is 0. The normalized spacial score (nSPS) is 15.2. The standard InChI is InChI=1S/C14H18N2O3/c1-9(17)15-11-6-7-13(12(8-11)14(18)19)16-10-4-2-3-5-10/h6-8,10,16H,2-5H2,1H3,(H,15,17)(H,18,19). The summed E-state index contributed by atoms with van der Waals surface area (Å²) < 4.78 is 0.